The van der Waals surface area contributed by atoms with E-state index in [2.05, 4.69) is 20.2 Å². The van der Waals surface area contributed by atoms with Gasteiger partial charge in [-0.2, -0.15) is 4.31 Å². The van der Waals surface area contributed by atoms with E-state index in [0.717, 1.165) is 27.2 Å². The fraction of sp³-hybridized carbons (Fsp3) is 0.250. The van der Waals surface area contributed by atoms with Crippen molar-refractivity contribution in [2.45, 2.75) is 4.90 Å². The van der Waals surface area contributed by atoms with Gasteiger partial charge in [0, 0.05) is 48.2 Å². The van der Waals surface area contributed by atoms with Gasteiger partial charge >= 0.3 is 0 Å². The highest BCUT2D eigenvalue weighted by atomic mass is 35.5. The topological polar surface area (TPSA) is 84.9 Å². The maximum atomic E-state index is 13.3. The minimum absolute atomic E-state index is 0.211. The molecule has 6 rings (SSSR count). The first-order valence-electron chi connectivity index (χ1n) is 11.1. The summed E-state index contributed by atoms with van der Waals surface area (Å²) < 4.78 is 39.3. The summed E-state index contributed by atoms with van der Waals surface area (Å²) in [5.74, 6) is 1.85. The van der Waals surface area contributed by atoms with Gasteiger partial charge in [0.15, 0.2) is 11.5 Å². The zero-order valence-corrected chi connectivity index (χ0v) is 20.9. The van der Waals surface area contributed by atoms with Gasteiger partial charge in [0.1, 0.15) is 30.2 Å². The zero-order chi connectivity index (χ0) is 24.0. The van der Waals surface area contributed by atoms with Crippen molar-refractivity contribution < 1.29 is 17.9 Å². The highest BCUT2D eigenvalue weighted by Crippen LogP contribution is 2.39. The maximum Gasteiger partial charge on any atom is 0.243 e. The molecule has 1 saturated heterocycles. The molecule has 0 spiro atoms. The lowest BCUT2D eigenvalue weighted by Crippen LogP contribution is -2.49. The average molecular weight is 529 g/mol. The summed E-state index contributed by atoms with van der Waals surface area (Å²) in [6, 6.07) is 12.5. The molecule has 0 N–H and O–H groups in total. The van der Waals surface area contributed by atoms with Crippen LogP contribution in [-0.2, 0) is 10.0 Å². The molecule has 2 aromatic carbocycles. The Hall–Kier alpha value is -2.92. The second kappa shape index (κ2) is 8.94. The second-order valence-corrected chi connectivity index (χ2v) is 11.5. The number of fused-ring (bicyclic) bond motifs is 2. The van der Waals surface area contributed by atoms with Gasteiger partial charge in [-0.05, 0) is 29.8 Å². The third-order valence-corrected chi connectivity index (χ3v) is 9.23. The molecule has 0 radical (unpaired) electrons. The van der Waals surface area contributed by atoms with Crippen molar-refractivity contribution in [2.75, 3.05) is 44.3 Å². The van der Waals surface area contributed by atoms with E-state index in [-0.39, 0.29) is 4.90 Å². The summed E-state index contributed by atoms with van der Waals surface area (Å²) in [5.41, 5.74) is 2.08. The lowest BCUT2D eigenvalue weighted by molar-refractivity contribution is 0.171. The van der Waals surface area contributed by atoms with Crippen LogP contribution in [-0.4, -0.2) is 62.1 Å². The Bertz CT molecular complexity index is 1500. The number of thiophene rings is 1. The van der Waals surface area contributed by atoms with Crippen LogP contribution in [0.5, 0.6) is 11.5 Å². The van der Waals surface area contributed by atoms with Crippen LogP contribution in [0.4, 0.5) is 5.82 Å². The maximum absolute atomic E-state index is 13.3. The molecule has 0 atom stereocenters. The minimum Gasteiger partial charge on any atom is -0.486 e. The fourth-order valence-corrected chi connectivity index (χ4v) is 6.89. The lowest BCUT2D eigenvalue weighted by Gasteiger charge is -2.35. The Kier molecular flexibility index (Phi) is 5.76. The molecule has 4 aromatic rings. The van der Waals surface area contributed by atoms with Crippen molar-refractivity contribution in [3.05, 3.63) is 59.2 Å². The summed E-state index contributed by atoms with van der Waals surface area (Å²) >= 11 is 7.64. The van der Waals surface area contributed by atoms with Crippen LogP contribution in [0.15, 0.2) is 59.1 Å². The number of benzene rings is 2. The molecular weight excluding hydrogens is 508 g/mol. The number of anilines is 1. The van der Waals surface area contributed by atoms with Crippen molar-refractivity contribution in [1.29, 1.82) is 0 Å². The van der Waals surface area contributed by atoms with Crippen molar-refractivity contribution >= 4 is 49.0 Å². The average Bonchev–Trinajstić information content (AvgIpc) is 3.33. The van der Waals surface area contributed by atoms with Crippen LogP contribution in [0.3, 0.4) is 0 Å². The minimum atomic E-state index is -3.66. The van der Waals surface area contributed by atoms with Gasteiger partial charge in [0.05, 0.1) is 10.3 Å². The number of sulfonamides is 1. The van der Waals surface area contributed by atoms with Crippen molar-refractivity contribution in [3.63, 3.8) is 0 Å². The molecule has 0 amide bonds. The molecular formula is C24H21ClN4O4S2. The molecule has 11 heteroatoms. The summed E-state index contributed by atoms with van der Waals surface area (Å²) in [7, 11) is -3.66. The predicted molar refractivity (Wildman–Crippen MR) is 136 cm³/mol. The van der Waals surface area contributed by atoms with Gasteiger partial charge in [-0.15, -0.1) is 11.3 Å². The highest BCUT2D eigenvalue weighted by molar-refractivity contribution is 7.89. The van der Waals surface area contributed by atoms with Crippen molar-refractivity contribution in [1.82, 2.24) is 14.3 Å². The van der Waals surface area contributed by atoms with E-state index in [0.29, 0.717) is 55.9 Å². The molecule has 2 aromatic heterocycles. The molecule has 0 unspecified atom stereocenters. The van der Waals surface area contributed by atoms with Gasteiger partial charge in [-0.3, -0.25) is 0 Å². The van der Waals surface area contributed by atoms with E-state index in [1.165, 1.54) is 4.31 Å². The molecule has 1 fully saturated rings. The number of aromatic nitrogens is 2. The second-order valence-electron chi connectivity index (χ2n) is 8.23. The molecule has 0 bridgehead atoms. The number of hydrogen-bond acceptors (Lipinski definition) is 8. The fourth-order valence-electron chi connectivity index (χ4n) is 4.41. The highest BCUT2D eigenvalue weighted by Gasteiger charge is 2.31. The van der Waals surface area contributed by atoms with Gasteiger partial charge in [0.2, 0.25) is 10.0 Å². The van der Waals surface area contributed by atoms with Crippen molar-refractivity contribution in [3.8, 4) is 22.6 Å². The SMILES string of the molecule is O=S(=O)(c1ccc2c(c1)OCCO2)N1CCN(c2ncnc3scc(-c4ccc(Cl)cc4)c23)CC1. The summed E-state index contributed by atoms with van der Waals surface area (Å²) in [6.45, 7) is 2.60. The van der Waals surface area contributed by atoms with Crippen LogP contribution in [0.2, 0.25) is 5.02 Å². The number of rotatable bonds is 4. The molecule has 180 valence electrons. The molecule has 8 nitrogen and oxygen atoms in total. The lowest BCUT2D eigenvalue weighted by atomic mass is 10.1. The van der Waals surface area contributed by atoms with E-state index in [1.807, 2.05) is 24.3 Å². The number of piperazine rings is 1. The van der Waals surface area contributed by atoms with Gasteiger partial charge in [-0.1, -0.05) is 23.7 Å². The molecule has 4 heterocycles. The largest absolute Gasteiger partial charge is 0.486 e. The Morgan fingerprint density at radius 2 is 1.66 bits per heavy atom. The zero-order valence-electron chi connectivity index (χ0n) is 18.6. The number of halogens is 1. The monoisotopic (exact) mass is 528 g/mol. The van der Waals surface area contributed by atoms with E-state index < -0.39 is 10.0 Å². The molecule has 2 aliphatic heterocycles. The molecule has 0 saturated carbocycles. The quantitative estimate of drug-likeness (QED) is 0.390. The van der Waals surface area contributed by atoms with E-state index in [1.54, 1.807) is 35.9 Å². The van der Waals surface area contributed by atoms with Gasteiger partial charge in [-0.25, -0.2) is 18.4 Å². The normalized spacial score (nSPS) is 16.5. The van der Waals surface area contributed by atoms with Gasteiger partial charge in [0.25, 0.3) is 0 Å². The summed E-state index contributed by atoms with van der Waals surface area (Å²) in [6.07, 6.45) is 1.57. The number of nitrogens with zero attached hydrogens (tertiary/aromatic N) is 4. The Morgan fingerprint density at radius 1 is 0.914 bits per heavy atom. The van der Waals surface area contributed by atoms with Gasteiger partial charge < -0.3 is 14.4 Å². The van der Waals surface area contributed by atoms with Crippen LogP contribution < -0.4 is 14.4 Å². The Labute approximate surface area is 211 Å². The first kappa shape index (κ1) is 22.5. The van der Waals surface area contributed by atoms with E-state index >= 15 is 0 Å². The number of ether oxygens (including phenoxy) is 2. The summed E-state index contributed by atoms with van der Waals surface area (Å²) in [4.78, 5) is 12.3. The number of hydrogen-bond donors (Lipinski definition) is 0. The molecule has 0 aliphatic carbocycles. The standard InChI is InChI=1S/C24H21ClN4O4S2/c25-17-3-1-16(2-4-17)19-14-34-24-22(19)23(26-15-27-24)28-7-9-29(10-8-28)35(30,31)18-5-6-20-21(13-18)33-12-11-32-20/h1-6,13-15H,7-12H2. The first-order chi connectivity index (χ1) is 17.0. The summed E-state index contributed by atoms with van der Waals surface area (Å²) in [5, 5.41) is 3.73. The Balaban J connectivity index is 1.26. The Morgan fingerprint density at radius 3 is 2.43 bits per heavy atom. The van der Waals surface area contributed by atoms with E-state index in [9.17, 15) is 8.42 Å². The molecule has 2 aliphatic rings. The van der Waals surface area contributed by atoms with Crippen molar-refractivity contribution in [2.24, 2.45) is 0 Å². The third kappa shape index (κ3) is 4.10. The van der Waals surface area contributed by atoms with Crippen LogP contribution in [0.1, 0.15) is 0 Å². The molecule has 35 heavy (non-hydrogen) atoms. The van der Waals surface area contributed by atoms with Crippen LogP contribution in [0, 0.1) is 0 Å². The smallest absolute Gasteiger partial charge is 0.243 e. The predicted octanol–water partition coefficient (Wildman–Crippen LogP) is 4.29. The van der Waals surface area contributed by atoms with Crippen LogP contribution >= 0.6 is 22.9 Å². The first-order valence-corrected chi connectivity index (χ1v) is 13.8. The van der Waals surface area contributed by atoms with E-state index in [4.69, 9.17) is 21.1 Å². The third-order valence-electron chi connectivity index (χ3n) is 6.20. The van der Waals surface area contributed by atoms with Crippen LogP contribution in [0.25, 0.3) is 21.3 Å².